The SMILES string of the molecule is O=C(NCCC#Cc1c(F)cc(F)cc1Br)OCC1c2ccccc2-c2ccccc21. The molecule has 1 aliphatic carbocycles. The molecule has 3 nitrogen and oxygen atoms in total. The van der Waals surface area contributed by atoms with Gasteiger partial charge >= 0.3 is 6.09 Å². The van der Waals surface area contributed by atoms with Gasteiger partial charge in [-0.05, 0) is 44.3 Å². The molecule has 0 saturated carbocycles. The zero-order valence-corrected chi connectivity index (χ0v) is 18.0. The molecule has 156 valence electrons. The Morgan fingerprint density at radius 1 is 1.03 bits per heavy atom. The highest BCUT2D eigenvalue weighted by molar-refractivity contribution is 9.10. The Hall–Kier alpha value is -3.17. The number of hydrogen-bond acceptors (Lipinski definition) is 2. The van der Waals surface area contributed by atoms with Crippen LogP contribution in [0, 0.1) is 23.5 Å². The molecule has 4 rings (SSSR count). The molecule has 0 atom stereocenters. The minimum Gasteiger partial charge on any atom is -0.449 e. The number of nitrogens with one attached hydrogen (secondary N) is 1. The van der Waals surface area contributed by atoms with Crippen molar-refractivity contribution in [2.75, 3.05) is 13.2 Å². The maximum atomic E-state index is 13.7. The molecule has 3 aromatic carbocycles. The molecular formula is C25H18BrF2NO2. The van der Waals surface area contributed by atoms with Crippen LogP contribution in [-0.2, 0) is 4.74 Å². The molecule has 31 heavy (non-hydrogen) atoms. The van der Waals surface area contributed by atoms with Crippen molar-refractivity contribution < 1.29 is 18.3 Å². The van der Waals surface area contributed by atoms with E-state index >= 15 is 0 Å². The van der Waals surface area contributed by atoms with E-state index in [0.29, 0.717) is 6.42 Å². The highest BCUT2D eigenvalue weighted by Crippen LogP contribution is 2.44. The van der Waals surface area contributed by atoms with Crippen LogP contribution >= 0.6 is 15.9 Å². The third kappa shape index (κ3) is 4.62. The van der Waals surface area contributed by atoms with Gasteiger partial charge in [0.15, 0.2) is 0 Å². The molecule has 0 heterocycles. The van der Waals surface area contributed by atoms with E-state index in [0.717, 1.165) is 23.3 Å². The molecule has 0 fully saturated rings. The quantitative estimate of drug-likeness (QED) is 0.366. The topological polar surface area (TPSA) is 38.3 Å². The second-order valence-corrected chi connectivity index (χ2v) is 7.90. The largest absolute Gasteiger partial charge is 0.449 e. The van der Waals surface area contributed by atoms with E-state index in [1.807, 2.05) is 24.3 Å². The van der Waals surface area contributed by atoms with Crippen molar-refractivity contribution in [1.82, 2.24) is 5.32 Å². The van der Waals surface area contributed by atoms with Crippen molar-refractivity contribution >= 4 is 22.0 Å². The average Bonchev–Trinajstić information content (AvgIpc) is 3.07. The molecule has 0 unspecified atom stereocenters. The minimum absolute atomic E-state index is 0.00302. The van der Waals surface area contributed by atoms with Gasteiger partial charge in [0.05, 0.1) is 5.56 Å². The zero-order valence-electron chi connectivity index (χ0n) is 16.4. The van der Waals surface area contributed by atoms with Gasteiger partial charge in [0.25, 0.3) is 0 Å². The summed E-state index contributed by atoms with van der Waals surface area (Å²) in [4.78, 5) is 12.1. The van der Waals surface area contributed by atoms with Gasteiger partial charge in [0.2, 0.25) is 0 Å². The molecule has 6 heteroatoms. The minimum atomic E-state index is -0.733. The lowest BCUT2D eigenvalue weighted by Crippen LogP contribution is -2.26. The number of carbonyl (C=O) groups is 1. The van der Waals surface area contributed by atoms with E-state index in [4.69, 9.17) is 4.74 Å². The Labute approximate surface area is 187 Å². The second-order valence-electron chi connectivity index (χ2n) is 7.05. The molecule has 1 aliphatic rings. The predicted octanol–water partition coefficient (Wildman–Crippen LogP) is 6.01. The lowest BCUT2D eigenvalue weighted by Gasteiger charge is -2.14. The van der Waals surface area contributed by atoms with E-state index in [2.05, 4.69) is 57.4 Å². The van der Waals surface area contributed by atoms with Crippen LogP contribution in [-0.4, -0.2) is 19.2 Å². The van der Waals surface area contributed by atoms with Gasteiger partial charge in [0, 0.05) is 29.4 Å². The van der Waals surface area contributed by atoms with Crippen molar-refractivity contribution in [2.24, 2.45) is 0 Å². The Morgan fingerprint density at radius 3 is 2.32 bits per heavy atom. The molecule has 0 aliphatic heterocycles. The van der Waals surface area contributed by atoms with E-state index in [1.165, 1.54) is 11.1 Å². The van der Waals surface area contributed by atoms with Crippen LogP contribution in [0.1, 0.15) is 29.0 Å². The highest BCUT2D eigenvalue weighted by Gasteiger charge is 2.28. The number of alkyl carbamates (subject to hydrolysis) is 1. The molecule has 0 saturated heterocycles. The molecule has 0 radical (unpaired) electrons. The van der Waals surface area contributed by atoms with Gasteiger partial charge in [-0.2, -0.15) is 0 Å². The van der Waals surface area contributed by atoms with Crippen molar-refractivity contribution in [3.05, 3.63) is 93.5 Å². The van der Waals surface area contributed by atoms with E-state index in [-0.39, 0.29) is 29.1 Å². The van der Waals surface area contributed by atoms with Crippen LogP contribution in [0.2, 0.25) is 0 Å². The summed E-state index contributed by atoms with van der Waals surface area (Å²) in [5, 5.41) is 2.65. The maximum absolute atomic E-state index is 13.7. The van der Waals surface area contributed by atoms with Gasteiger partial charge in [-0.1, -0.05) is 60.4 Å². The van der Waals surface area contributed by atoms with Crippen molar-refractivity contribution in [3.63, 3.8) is 0 Å². The fraction of sp³-hybridized carbons (Fsp3) is 0.160. The fourth-order valence-corrected chi connectivity index (χ4v) is 4.20. The normalized spacial score (nSPS) is 11.8. The summed E-state index contributed by atoms with van der Waals surface area (Å²) >= 11 is 3.09. The van der Waals surface area contributed by atoms with Gasteiger partial charge in [-0.25, -0.2) is 13.6 Å². The Bertz CT molecular complexity index is 1130. The highest BCUT2D eigenvalue weighted by atomic mass is 79.9. The van der Waals surface area contributed by atoms with Crippen LogP contribution in [0.15, 0.2) is 65.1 Å². The third-order valence-electron chi connectivity index (χ3n) is 5.08. The Morgan fingerprint density at radius 2 is 1.68 bits per heavy atom. The summed E-state index contributed by atoms with van der Waals surface area (Å²) in [6.07, 6.45) is -0.231. The first-order chi connectivity index (χ1) is 15.0. The van der Waals surface area contributed by atoms with Crippen LogP contribution in [0.25, 0.3) is 11.1 Å². The van der Waals surface area contributed by atoms with Crippen LogP contribution in [0.4, 0.5) is 13.6 Å². The van der Waals surface area contributed by atoms with Crippen molar-refractivity contribution in [3.8, 4) is 23.0 Å². The van der Waals surface area contributed by atoms with Gasteiger partial charge in [0.1, 0.15) is 18.2 Å². The number of rotatable bonds is 4. The number of fused-ring (bicyclic) bond motifs is 3. The lowest BCUT2D eigenvalue weighted by molar-refractivity contribution is 0.143. The van der Waals surface area contributed by atoms with Gasteiger partial charge in [-0.3, -0.25) is 0 Å². The number of amides is 1. The summed E-state index contributed by atoms with van der Waals surface area (Å²) < 4.78 is 32.6. The summed E-state index contributed by atoms with van der Waals surface area (Å²) in [7, 11) is 0. The molecule has 1 N–H and O–H groups in total. The fourth-order valence-electron chi connectivity index (χ4n) is 3.69. The van der Waals surface area contributed by atoms with E-state index in [9.17, 15) is 13.6 Å². The first-order valence-electron chi connectivity index (χ1n) is 9.77. The molecular weight excluding hydrogens is 464 g/mol. The van der Waals surface area contributed by atoms with Crippen molar-refractivity contribution in [2.45, 2.75) is 12.3 Å². The van der Waals surface area contributed by atoms with Gasteiger partial charge in [-0.15, -0.1) is 0 Å². The monoisotopic (exact) mass is 481 g/mol. The molecule has 1 amide bonds. The summed E-state index contributed by atoms with van der Waals surface area (Å²) in [5.41, 5.74) is 4.72. The number of hydrogen-bond donors (Lipinski definition) is 1. The predicted molar refractivity (Wildman–Crippen MR) is 119 cm³/mol. The number of carbonyl (C=O) groups excluding carboxylic acids is 1. The lowest BCUT2D eigenvalue weighted by atomic mass is 9.98. The summed E-state index contributed by atoms with van der Waals surface area (Å²) in [6, 6.07) is 18.2. The number of ether oxygens (including phenoxy) is 1. The molecule has 0 bridgehead atoms. The number of benzene rings is 3. The zero-order chi connectivity index (χ0) is 21.8. The third-order valence-corrected chi connectivity index (χ3v) is 5.71. The van der Waals surface area contributed by atoms with E-state index in [1.54, 1.807) is 0 Å². The smallest absolute Gasteiger partial charge is 0.407 e. The van der Waals surface area contributed by atoms with Gasteiger partial charge < -0.3 is 10.1 Å². The molecule has 0 spiro atoms. The van der Waals surface area contributed by atoms with E-state index < -0.39 is 17.7 Å². The standard InChI is InChI=1S/C25H18BrF2NO2/c26-23-13-16(27)14-24(28)21(23)11-5-6-12-29-25(30)31-15-22-19-9-3-1-7-17(19)18-8-2-4-10-20(18)22/h1-4,7-10,13-14,22H,6,12,15H2,(H,29,30). The molecule has 3 aromatic rings. The summed E-state index contributed by atoms with van der Waals surface area (Å²) in [5.74, 6) is 4.01. The average molecular weight is 482 g/mol. The summed E-state index contributed by atoms with van der Waals surface area (Å²) in [6.45, 7) is 0.489. The van der Waals surface area contributed by atoms with Crippen LogP contribution in [0.3, 0.4) is 0 Å². The first kappa shape index (κ1) is 21.1. The Kier molecular flexibility index (Phi) is 6.34. The maximum Gasteiger partial charge on any atom is 0.407 e. The molecule has 0 aromatic heterocycles. The first-order valence-corrected chi connectivity index (χ1v) is 10.6. The number of halogens is 3. The Balaban J connectivity index is 1.30. The van der Waals surface area contributed by atoms with Crippen LogP contribution < -0.4 is 5.32 Å². The van der Waals surface area contributed by atoms with Crippen molar-refractivity contribution in [1.29, 1.82) is 0 Å². The van der Waals surface area contributed by atoms with Crippen LogP contribution in [0.5, 0.6) is 0 Å². The second kappa shape index (κ2) is 9.32.